The summed E-state index contributed by atoms with van der Waals surface area (Å²) in [5, 5.41) is 14.2. The van der Waals surface area contributed by atoms with Gasteiger partial charge < -0.3 is 19.7 Å². The Balaban J connectivity index is 0.000000362. The molecular formula is C21H28F6N2O6. The third-order valence-corrected chi connectivity index (χ3v) is 5.37. The fourth-order valence-corrected chi connectivity index (χ4v) is 3.88. The number of hydrogen-bond acceptors (Lipinski definition) is 6. The number of hydrogen-bond donors (Lipinski definition) is 2. The molecule has 0 radical (unpaired) electrons. The topological polar surface area (TPSA) is 109 Å². The van der Waals surface area contributed by atoms with Crippen LogP contribution in [0.1, 0.15) is 30.7 Å². The van der Waals surface area contributed by atoms with Crippen molar-refractivity contribution in [2.75, 3.05) is 33.4 Å². The lowest BCUT2D eigenvalue weighted by molar-refractivity contribution is -0.193. The molecule has 2 fully saturated rings. The number of aliphatic carboxylic acids is 2. The second-order valence-electron chi connectivity index (χ2n) is 8.04. The van der Waals surface area contributed by atoms with Crippen LogP contribution in [0.4, 0.5) is 26.3 Å². The van der Waals surface area contributed by atoms with E-state index in [9.17, 15) is 26.3 Å². The van der Waals surface area contributed by atoms with Gasteiger partial charge in [-0.3, -0.25) is 9.88 Å². The highest BCUT2D eigenvalue weighted by Crippen LogP contribution is 2.41. The summed E-state index contributed by atoms with van der Waals surface area (Å²) in [5.41, 5.74) is 2.26. The highest BCUT2D eigenvalue weighted by atomic mass is 19.4. The third-order valence-electron chi connectivity index (χ3n) is 5.37. The highest BCUT2D eigenvalue weighted by Gasteiger charge is 2.46. The molecule has 2 N–H and O–H groups in total. The lowest BCUT2D eigenvalue weighted by atomic mass is 9.89. The van der Waals surface area contributed by atoms with Crippen LogP contribution in [0.5, 0.6) is 0 Å². The molecule has 1 aliphatic carbocycles. The van der Waals surface area contributed by atoms with Gasteiger partial charge in [-0.1, -0.05) is 12.5 Å². The van der Waals surface area contributed by atoms with E-state index in [2.05, 4.69) is 35.0 Å². The van der Waals surface area contributed by atoms with E-state index in [4.69, 9.17) is 29.3 Å². The number of morpholine rings is 1. The van der Waals surface area contributed by atoms with Crippen LogP contribution in [-0.2, 0) is 25.6 Å². The predicted molar refractivity (Wildman–Crippen MR) is 110 cm³/mol. The predicted octanol–water partition coefficient (Wildman–Crippen LogP) is 3.67. The second kappa shape index (κ2) is 13.0. The number of carbonyl (C=O) groups is 2. The monoisotopic (exact) mass is 518 g/mol. The number of aromatic nitrogens is 1. The van der Waals surface area contributed by atoms with Gasteiger partial charge in [0.25, 0.3) is 0 Å². The molecule has 1 spiro atoms. The van der Waals surface area contributed by atoms with Crippen molar-refractivity contribution in [3.05, 3.63) is 29.6 Å². The zero-order valence-electron chi connectivity index (χ0n) is 19.2. The number of carboxylic acids is 2. The van der Waals surface area contributed by atoms with Crippen LogP contribution >= 0.6 is 0 Å². The van der Waals surface area contributed by atoms with Gasteiger partial charge in [0.05, 0.1) is 24.5 Å². The van der Waals surface area contributed by atoms with Crippen LogP contribution in [0.15, 0.2) is 18.2 Å². The van der Waals surface area contributed by atoms with Crippen LogP contribution in [0.2, 0.25) is 0 Å². The van der Waals surface area contributed by atoms with E-state index in [1.807, 2.05) is 0 Å². The average molecular weight is 518 g/mol. The minimum atomic E-state index is -5.08. The number of ether oxygens (including phenoxy) is 2. The van der Waals surface area contributed by atoms with Gasteiger partial charge in [-0.15, -0.1) is 0 Å². The fraction of sp³-hybridized carbons (Fsp3) is 0.667. The van der Waals surface area contributed by atoms with E-state index in [-0.39, 0.29) is 5.60 Å². The number of halogens is 6. The molecule has 3 rings (SSSR count). The van der Waals surface area contributed by atoms with Crippen LogP contribution in [0.3, 0.4) is 0 Å². The molecule has 1 saturated carbocycles. The van der Waals surface area contributed by atoms with Crippen molar-refractivity contribution in [3.63, 3.8) is 0 Å². The number of pyridine rings is 1. The van der Waals surface area contributed by atoms with Gasteiger partial charge in [0.2, 0.25) is 0 Å². The van der Waals surface area contributed by atoms with Crippen molar-refractivity contribution in [2.45, 2.75) is 50.7 Å². The fourth-order valence-electron chi connectivity index (χ4n) is 3.88. The van der Waals surface area contributed by atoms with E-state index in [1.165, 1.54) is 19.3 Å². The molecule has 1 aromatic rings. The van der Waals surface area contributed by atoms with Crippen molar-refractivity contribution in [1.29, 1.82) is 0 Å². The molecule has 14 heteroatoms. The lowest BCUT2D eigenvalue weighted by Crippen LogP contribution is -2.54. The summed E-state index contributed by atoms with van der Waals surface area (Å²) in [4.78, 5) is 24.9. The van der Waals surface area contributed by atoms with Crippen LogP contribution < -0.4 is 0 Å². The van der Waals surface area contributed by atoms with E-state index in [0.717, 1.165) is 44.2 Å². The maximum atomic E-state index is 10.6. The Kier molecular flexibility index (Phi) is 11.4. The van der Waals surface area contributed by atoms with Gasteiger partial charge in [-0.25, -0.2) is 9.59 Å². The van der Waals surface area contributed by atoms with Crippen molar-refractivity contribution in [1.82, 2.24) is 9.88 Å². The van der Waals surface area contributed by atoms with Gasteiger partial charge in [0.1, 0.15) is 0 Å². The van der Waals surface area contributed by atoms with Crippen molar-refractivity contribution in [2.24, 2.45) is 5.92 Å². The smallest absolute Gasteiger partial charge is 0.475 e. The zero-order chi connectivity index (χ0) is 26.9. The number of rotatable bonds is 4. The number of methoxy groups -OCH3 is 1. The molecule has 0 aromatic carbocycles. The maximum Gasteiger partial charge on any atom is 0.490 e. The third kappa shape index (κ3) is 10.4. The number of nitrogens with zero attached hydrogens (tertiary/aromatic N) is 2. The second-order valence-corrected chi connectivity index (χ2v) is 8.04. The van der Waals surface area contributed by atoms with E-state index >= 15 is 0 Å². The number of aryl methyl sites for hydroxylation is 1. The van der Waals surface area contributed by atoms with Gasteiger partial charge in [0, 0.05) is 38.4 Å². The molecule has 35 heavy (non-hydrogen) atoms. The van der Waals surface area contributed by atoms with Gasteiger partial charge in [-0.05, 0) is 31.9 Å². The molecule has 1 aliphatic heterocycles. The molecule has 8 nitrogen and oxygen atoms in total. The highest BCUT2D eigenvalue weighted by molar-refractivity contribution is 5.73. The Bertz CT molecular complexity index is 811. The minimum absolute atomic E-state index is 0.0120. The average Bonchev–Trinajstić information content (AvgIpc) is 3.09. The molecule has 0 bridgehead atoms. The SMILES string of the molecule is COC[C@@H]1CCC[C@]12CN(Cc1cccc(C)n1)CCO2.O=C(O)C(F)(F)F.O=C(O)C(F)(F)F. The maximum absolute atomic E-state index is 10.6. The Morgan fingerprint density at radius 1 is 1.17 bits per heavy atom. The first kappa shape index (κ1) is 30.6. The summed E-state index contributed by atoms with van der Waals surface area (Å²) in [6, 6.07) is 6.27. The first-order valence-corrected chi connectivity index (χ1v) is 10.5. The normalized spacial score (nSPS) is 22.6. The van der Waals surface area contributed by atoms with Crippen LogP contribution in [0, 0.1) is 12.8 Å². The number of alkyl halides is 6. The molecule has 0 unspecified atom stereocenters. The Morgan fingerprint density at radius 3 is 2.23 bits per heavy atom. The van der Waals surface area contributed by atoms with Crippen molar-refractivity contribution in [3.8, 4) is 0 Å². The molecule has 1 aromatic heterocycles. The molecule has 1 saturated heterocycles. The summed E-state index contributed by atoms with van der Waals surface area (Å²) in [7, 11) is 1.79. The summed E-state index contributed by atoms with van der Waals surface area (Å²) < 4.78 is 75.1. The summed E-state index contributed by atoms with van der Waals surface area (Å²) in [6.45, 7) is 6.62. The lowest BCUT2D eigenvalue weighted by Gasteiger charge is -2.44. The summed E-state index contributed by atoms with van der Waals surface area (Å²) in [6.07, 6.45) is -6.52. The van der Waals surface area contributed by atoms with E-state index in [0.29, 0.717) is 5.92 Å². The summed E-state index contributed by atoms with van der Waals surface area (Å²) in [5.74, 6) is -4.98. The Hall–Kier alpha value is -2.45. The van der Waals surface area contributed by atoms with Crippen molar-refractivity contribution >= 4 is 11.9 Å². The first-order valence-electron chi connectivity index (χ1n) is 10.5. The molecule has 2 atom stereocenters. The quantitative estimate of drug-likeness (QED) is 0.582. The molecule has 200 valence electrons. The van der Waals surface area contributed by atoms with E-state index < -0.39 is 24.3 Å². The largest absolute Gasteiger partial charge is 0.490 e. The molecular weight excluding hydrogens is 490 g/mol. The van der Waals surface area contributed by atoms with Crippen LogP contribution in [0.25, 0.3) is 0 Å². The minimum Gasteiger partial charge on any atom is -0.475 e. The summed E-state index contributed by atoms with van der Waals surface area (Å²) >= 11 is 0. The van der Waals surface area contributed by atoms with E-state index in [1.54, 1.807) is 7.11 Å². The van der Waals surface area contributed by atoms with Gasteiger partial charge >= 0.3 is 24.3 Å². The molecule has 2 aliphatic rings. The Labute approximate surface area is 197 Å². The van der Waals surface area contributed by atoms with Crippen molar-refractivity contribution < 1.29 is 55.6 Å². The molecule has 2 heterocycles. The number of carboxylic acid groups (broad SMARTS) is 2. The van der Waals surface area contributed by atoms with Gasteiger partial charge in [-0.2, -0.15) is 26.3 Å². The zero-order valence-corrected chi connectivity index (χ0v) is 19.2. The molecule has 0 amide bonds. The van der Waals surface area contributed by atoms with Gasteiger partial charge in [0.15, 0.2) is 0 Å². The Morgan fingerprint density at radius 2 is 1.74 bits per heavy atom. The standard InChI is InChI=1S/C17H26N2O2.2C2HF3O2/c1-14-5-3-7-16(18-14)11-19-9-10-21-17(13-19)8-4-6-15(17)12-20-2;2*3-2(4,5)1(6)7/h3,5,7,15H,4,6,8-13H2,1-2H3;2*(H,6,7)/t15-,17-;;/m0../s1. The first-order chi connectivity index (χ1) is 16.1. The van der Waals surface area contributed by atoms with Crippen LogP contribution in [-0.4, -0.2) is 83.4 Å².